The topological polar surface area (TPSA) is 43.4 Å². The lowest BCUT2D eigenvalue weighted by Gasteiger charge is -2.40. The number of aromatic nitrogens is 1. The smallest absolute Gasteiger partial charge is 0.0640 e. The van der Waals surface area contributed by atoms with Crippen LogP contribution in [0.25, 0.3) is 64.1 Å². The molecule has 10 rings (SSSR count). The van der Waals surface area contributed by atoms with Gasteiger partial charge in [0.1, 0.15) is 0 Å². The number of rotatable bonds is 5. The molecule has 0 amide bonds. The minimum Gasteiger partial charge on any atom is -0.445 e. The molecule has 5 heteroatoms. The highest BCUT2D eigenvalue weighted by atomic mass is 32.1. The molecule has 7 aromatic carbocycles. The molecule has 238 valence electrons. The molecular weight excluding hydrogens is 629 g/mol. The van der Waals surface area contributed by atoms with Crippen molar-refractivity contribution in [2.24, 2.45) is 4.99 Å². The highest BCUT2D eigenvalue weighted by Gasteiger charge is 2.21. The fourth-order valence-corrected chi connectivity index (χ4v) is 8.63. The number of amidine groups is 1. The van der Waals surface area contributed by atoms with E-state index in [1.807, 2.05) is 17.4 Å². The summed E-state index contributed by atoms with van der Waals surface area (Å²) in [5.74, 6) is 0.742. The van der Waals surface area contributed by atoms with Gasteiger partial charge in [-0.3, -0.25) is 0 Å². The summed E-state index contributed by atoms with van der Waals surface area (Å²) in [5, 5.41) is 14.1. The van der Waals surface area contributed by atoms with Crippen LogP contribution >= 0.6 is 11.3 Å². The Labute approximate surface area is 294 Å². The van der Waals surface area contributed by atoms with Crippen LogP contribution in [-0.4, -0.2) is 10.4 Å². The molecule has 2 atom stereocenters. The second kappa shape index (κ2) is 11.8. The number of hydrogen-bond acceptors (Lipinski definition) is 3. The molecule has 1 aliphatic heterocycles. The zero-order chi connectivity index (χ0) is 33.0. The SMILES string of the molecule is c1ccc(-c2cccc(C3[N-]C(c4ccc5c6ccccc6n(-c6cccc7c6sc6ccccc67)c5c4)=NC(c4ccccc4)N3)c2)cc1. The molecule has 0 fully saturated rings. The average Bonchev–Trinajstić information content (AvgIpc) is 3.74. The number of nitrogens with one attached hydrogen (secondary N) is 1. The van der Waals surface area contributed by atoms with Gasteiger partial charge in [0.05, 0.1) is 21.4 Å². The van der Waals surface area contributed by atoms with Gasteiger partial charge in [-0.1, -0.05) is 145 Å². The van der Waals surface area contributed by atoms with E-state index in [0.29, 0.717) is 0 Å². The molecule has 0 aliphatic carbocycles. The Kier molecular flexibility index (Phi) is 6.86. The minimum atomic E-state index is -0.273. The van der Waals surface area contributed by atoms with Crippen LogP contribution in [0.1, 0.15) is 29.0 Å². The van der Waals surface area contributed by atoms with E-state index in [9.17, 15) is 0 Å². The second-order valence-corrected chi connectivity index (χ2v) is 13.8. The second-order valence-electron chi connectivity index (χ2n) is 12.8. The van der Waals surface area contributed by atoms with Gasteiger partial charge in [0, 0.05) is 38.6 Å². The van der Waals surface area contributed by atoms with Crippen LogP contribution < -0.4 is 5.32 Å². The average molecular weight is 660 g/mol. The van der Waals surface area contributed by atoms with E-state index >= 15 is 0 Å². The summed E-state index contributed by atoms with van der Waals surface area (Å²) in [5.41, 5.74) is 9.08. The van der Waals surface area contributed by atoms with Crippen molar-refractivity contribution in [3.8, 4) is 16.8 Å². The van der Waals surface area contributed by atoms with E-state index in [4.69, 9.17) is 10.3 Å². The Hall–Kier alpha value is -6.01. The third kappa shape index (κ3) is 4.82. The fraction of sp³-hybridized carbons (Fsp3) is 0.0444. The van der Waals surface area contributed by atoms with Crippen LogP contribution in [0, 0.1) is 0 Å². The molecule has 0 saturated heterocycles. The lowest BCUT2D eigenvalue weighted by molar-refractivity contribution is 0.488. The molecule has 3 heterocycles. The predicted octanol–water partition coefficient (Wildman–Crippen LogP) is 11.9. The zero-order valence-electron chi connectivity index (χ0n) is 27.1. The van der Waals surface area contributed by atoms with Crippen molar-refractivity contribution in [3.63, 3.8) is 0 Å². The van der Waals surface area contributed by atoms with Crippen molar-refractivity contribution in [1.82, 2.24) is 9.88 Å². The van der Waals surface area contributed by atoms with Gasteiger partial charge in [-0.15, -0.1) is 11.3 Å². The molecule has 1 N–H and O–H groups in total. The highest BCUT2D eigenvalue weighted by Crippen LogP contribution is 2.42. The normalized spacial score (nSPS) is 16.2. The van der Waals surface area contributed by atoms with Crippen LogP contribution in [0.3, 0.4) is 0 Å². The number of aliphatic imine (C=N–C) groups is 1. The van der Waals surface area contributed by atoms with Crippen molar-refractivity contribution < 1.29 is 0 Å². The van der Waals surface area contributed by atoms with Gasteiger partial charge in [-0.2, -0.15) is 0 Å². The fourth-order valence-electron chi connectivity index (χ4n) is 7.42. The van der Waals surface area contributed by atoms with Crippen molar-refractivity contribution >= 4 is 59.2 Å². The van der Waals surface area contributed by atoms with Gasteiger partial charge >= 0.3 is 0 Å². The molecule has 50 heavy (non-hydrogen) atoms. The van der Waals surface area contributed by atoms with E-state index in [2.05, 4.69) is 174 Å². The van der Waals surface area contributed by atoms with Gasteiger partial charge in [-0.25, -0.2) is 0 Å². The van der Waals surface area contributed by atoms with Gasteiger partial charge < -0.3 is 20.2 Å². The van der Waals surface area contributed by atoms with E-state index in [-0.39, 0.29) is 12.3 Å². The third-order valence-electron chi connectivity index (χ3n) is 9.80. The monoisotopic (exact) mass is 659 g/mol. The maximum absolute atomic E-state index is 5.31. The van der Waals surface area contributed by atoms with E-state index in [1.165, 1.54) is 53.3 Å². The number of nitrogens with zero attached hydrogens (tertiary/aromatic N) is 3. The number of para-hydroxylation sites is 1. The van der Waals surface area contributed by atoms with E-state index < -0.39 is 0 Å². The largest absolute Gasteiger partial charge is 0.445 e. The van der Waals surface area contributed by atoms with Crippen LogP contribution in [-0.2, 0) is 0 Å². The molecular formula is C45H31N4S-. The standard InChI is InChI=1S/C45H31N4S/c1-3-13-29(14-4-1)31-17-11-18-32(27-31)44-46-43(30-15-5-2-6-16-30)47-45(48-44)33-25-26-35-34-19-7-9-22-38(34)49(40(35)28-33)39-23-12-21-37-36-20-8-10-24-41(36)50-42(37)39/h1-28,43-44,46H/q-1. The lowest BCUT2D eigenvalue weighted by atomic mass is 10.0. The summed E-state index contributed by atoms with van der Waals surface area (Å²) in [7, 11) is 0. The maximum atomic E-state index is 5.31. The Balaban J connectivity index is 1.14. The molecule has 1 aliphatic rings. The molecule has 2 unspecified atom stereocenters. The molecule has 9 aromatic rings. The number of hydrogen-bond donors (Lipinski definition) is 1. The van der Waals surface area contributed by atoms with Gasteiger partial charge in [0.15, 0.2) is 0 Å². The first kappa shape index (κ1) is 29.0. The van der Waals surface area contributed by atoms with Gasteiger partial charge in [-0.05, 0) is 58.1 Å². The highest BCUT2D eigenvalue weighted by molar-refractivity contribution is 7.26. The van der Waals surface area contributed by atoms with Crippen LogP contribution in [0.5, 0.6) is 0 Å². The number of fused-ring (bicyclic) bond motifs is 6. The first-order valence-electron chi connectivity index (χ1n) is 17.0. The van der Waals surface area contributed by atoms with Crippen molar-refractivity contribution in [1.29, 1.82) is 0 Å². The summed E-state index contributed by atoms with van der Waals surface area (Å²) in [6, 6.07) is 60.5. The molecule has 2 aromatic heterocycles. The summed E-state index contributed by atoms with van der Waals surface area (Å²) >= 11 is 1.86. The lowest BCUT2D eigenvalue weighted by Crippen LogP contribution is -2.31. The zero-order valence-corrected chi connectivity index (χ0v) is 27.9. The summed E-state index contributed by atoms with van der Waals surface area (Å²) in [4.78, 5) is 5.25. The first-order chi connectivity index (χ1) is 24.8. The minimum absolute atomic E-state index is 0.247. The third-order valence-corrected chi connectivity index (χ3v) is 11.0. The van der Waals surface area contributed by atoms with Crippen LogP contribution in [0.2, 0.25) is 0 Å². The van der Waals surface area contributed by atoms with E-state index in [0.717, 1.165) is 28.0 Å². The Morgan fingerprint density at radius 2 is 1.20 bits per heavy atom. The number of benzene rings is 7. The molecule has 0 bridgehead atoms. The summed E-state index contributed by atoms with van der Waals surface area (Å²) in [6.07, 6.45) is -0.520. The predicted molar refractivity (Wildman–Crippen MR) is 211 cm³/mol. The maximum Gasteiger partial charge on any atom is 0.0640 e. The molecule has 0 saturated carbocycles. The van der Waals surface area contributed by atoms with Crippen LogP contribution in [0.15, 0.2) is 175 Å². The Bertz CT molecular complexity index is 2720. The van der Waals surface area contributed by atoms with Gasteiger partial charge in [0.25, 0.3) is 0 Å². The first-order valence-corrected chi connectivity index (χ1v) is 17.8. The van der Waals surface area contributed by atoms with Crippen molar-refractivity contribution in [2.45, 2.75) is 12.3 Å². The Morgan fingerprint density at radius 3 is 2.08 bits per heavy atom. The number of thiophene rings is 1. The molecule has 0 radical (unpaired) electrons. The Morgan fingerprint density at radius 1 is 0.520 bits per heavy atom. The summed E-state index contributed by atoms with van der Waals surface area (Å²) < 4.78 is 5.02. The quantitative estimate of drug-likeness (QED) is 0.196. The van der Waals surface area contributed by atoms with Crippen molar-refractivity contribution in [2.75, 3.05) is 0 Å². The molecule has 4 nitrogen and oxygen atoms in total. The van der Waals surface area contributed by atoms with Gasteiger partial charge in [0.2, 0.25) is 0 Å². The van der Waals surface area contributed by atoms with Crippen LogP contribution in [0.4, 0.5) is 0 Å². The van der Waals surface area contributed by atoms with Crippen molar-refractivity contribution in [3.05, 3.63) is 192 Å². The summed E-state index contributed by atoms with van der Waals surface area (Å²) in [6.45, 7) is 0. The molecule has 0 spiro atoms. The van der Waals surface area contributed by atoms with E-state index in [1.54, 1.807) is 0 Å².